The van der Waals surface area contributed by atoms with Gasteiger partial charge in [-0.3, -0.25) is 9.69 Å². The van der Waals surface area contributed by atoms with E-state index in [0.717, 1.165) is 39.1 Å². The van der Waals surface area contributed by atoms with Gasteiger partial charge in [0.1, 0.15) is 0 Å². The number of hydrogen-bond donors (Lipinski definition) is 2. The standard InChI is InChI=1S/C15H32N4O/c1-6-19-10-9-18(11-13(19)4)8-7-15(5,14(16)20)17-12(2)3/h12-13,17H,6-11H2,1-5H3,(H2,16,20). The fourth-order valence-corrected chi connectivity index (χ4v) is 3.03. The molecule has 0 aromatic heterocycles. The van der Waals surface area contributed by atoms with Crippen LogP contribution in [0.2, 0.25) is 0 Å². The van der Waals surface area contributed by atoms with Gasteiger partial charge >= 0.3 is 0 Å². The van der Waals surface area contributed by atoms with Crippen molar-refractivity contribution in [2.24, 2.45) is 5.73 Å². The first-order valence-electron chi connectivity index (χ1n) is 7.82. The van der Waals surface area contributed by atoms with Crippen LogP contribution in [0.3, 0.4) is 0 Å². The van der Waals surface area contributed by atoms with Crippen molar-refractivity contribution >= 4 is 5.91 Å². The molecule has 5 nitrogen and oxygen atoms in total. The Balaban J connectivity index is 2.50. The largest absolute Gasteiger partial charge is 0.368 e. The van der Waals surface area contributed by atoms with Crippen LogP contribution in [0, 0.1) is 0 Å². The smallest absolute Gasteiger partial charge is 0.237 e. The zero-order chi connectivity index (χ0) is 15.3. The molecule has 0 aliphatic carbocycles. The molecule has 0 aromatic rings. The summed E-state index contributed by atoms with van der Waals surface area (Å²) in [5.74, 6) is -0.258. The van der Waals surface area contributed by atoms with Crippen LogP contribution in [-0.2, 0) is 4.79 Å². The Hall–Kier alpha value is -0.650. The molecule has 1 rings (SSSR count). The molecule has 0 bridgehead atoms. The summed E-state index contributed by atoms with van der Waals surface area (Å²) in [4.78, 5) is 16.7. The first-order chi connectivity index (χ1) is 9.28. The van der Waals surface area contributed by atoms with Gasteiger partial charge in [-0.1, -0.05) is 6.92 Å². The van der Waals surface area contributed by atoms with Gasteiger partial charge in [-0.25, -0.2) is 0 Å². The number of likely N-dealkylation sites (N-methyl/N-ethyl adjacent to an activating group) is 1. The van der Waals surface area contributed by atoms with Crippen LogP contribution >= 0.6 is 0 Å². The van der Waals surface area contributed by atoms with Crippen molar-refractivity contribution in [3.05, 3.63) is 0 Å². The first kappa shape index (κ1) is 17.4. The number of piperazine rings is 1. The van der Waals surface area contributed by atoms with Crippen LogP contribution in [0.4, 0.5) is 0 Å². The van der Waals surface area contributed by atoms with Crippen LogP contribution in [0.15, 0.2) is 0 Å². The Kier molecular flexibility index (Phi) is 6.43. The predicted molar refractivity (Wildman–Crippen MR) is 83.6 cm³/mol. The van der Waals surface area contributed by atoms with Crippen LogP contribution in [0.1, 0.15) is 41.0 Å². The second-order valence-corrected chi connectivity index (χ2v) is 6.52. The van der Waals surface area contributed by atoms with E-state index < -0.39 is 5.54 Å². The zero-order valence-electron chi connectivity index (χ0n) is 13.8. The molecular formula is C15H32N4O. The molecule has 2 atom stereocenters. The minimum Gasteiger partial charge on any atom is -0.368 e. The average Bonchev–Trinajstić information content (AvgIpc) is 2.35. The van der Waals surface area contributed by atoms with Crippen molar-refractivity contribution in [2.45, 2.75) is 58.7 Å². The quantitative estimate of drug-likeness (QED) is 0.720. The van der Waals surface area contributed by atoms with Crippen LogP contribution in [-0.4, -0.2) is 66.1 Å². The Morgan fingerprint density at radius 1 is 1.45 bits per heavy atom. The van der Waals surface area contributed by atoms with Gasteiger partial charge in [0.05, 0.1) is 5.54 Å². The summed E-state index contributed by atoms with van der Waals surface area (Å²) >= 11 is 0. The number of carbonyl (C=O) groups excluding carboxylic acids is 1. The van der Waals surface area contributed by atoms with Crippen LogP contribution in [0.25, 0.3) is 0 Å². The van der Waals surface area contributed by atoms with Crippen molar-refractivity contribution in [1.29, 1.82) is 0 Å². The first-order valence-corrected chi connectivity index (χ1v) is 7.82. The van der Waals surface area contributed by atoms with Gasteiger partial charge in [0.2, 0.25) is 5.91 Å². The van der Waals surface area contributed by atoms with Crippen molar-refractivity contribution in [3.63, 3.8) is 0 Å². The lowest BCUT2D eigenvalue weighted by atomic mass is 9.95. The summed E-state index contributed by atoms with van der Waals surface area (Å²) in [5.41, 5.74) is 4.97. The molecule has 0 saturated carbocycles. The maximum absolute atomic E-state index is 11.7. The molecular weight excluding hydrogens is 252 g/mol. The molecule has 1 heterocycles. The molecule has 2 unspecified atom stereocenters. The minimum atomic E-state index is -0.612. The molecule has 0 radical (unpaired) electrons. The SMILES string of the molecule is CCN1CCN(CCC(C)(NC(C)C)C(N)=O)CC1C. The van der Waals surface area contributed by atoms with Gasteiger partial charge in [0, 0.05) is 38.3 Å². The highest BCUT2D eigenvalue weighted by Crippen LogP contribution is 2.15. The van der Waals surface area contributed by atoms with E-state index >= 15 is 0 Å². The molecule has 1 saturated heterocycles. The highest BCUT2D eigenvalue weighted by atomic mass is 16.1. The topological polar surface area (TPSA) is 61.6 Å². The fourth-order valence-electron chi connectivity index (χ4n) is 3.03. The van der Waals surface area contributed by atoms with E-state index in [-0.39, 0.29) is 11.9 Å². The lowest BCUT2D eigenvalue weighted by Crippen LogP contribution is -2.58. The van der Waals surface area contributed by atoms with E-state index in [4.69, 9.17) is 5.73 Å². The molecule has 1 fully saturated rings. The van der Waals surface area contributed by atoms with E-state index in [9.17, 15) is 4.79 Å². The van der Waals surface area contributed by atoms with Gasteiger partial charge in [-0.15, -0.1) is 0 Å². The van der Waals surface area contributed by atoms with Gasteiger partial charge in [-0.05, 0) is 40.7 Å². The zero-order valence-corrected chi connectivity index (χ0v) is 13.8. The molecule has 5 heteroatoms. The van der Waals surface area contributed by atoms with Crippen molar-refractivity contribution in [2.75, 3.05) is 32.7 Å². The molecule has 1 aliphatic heterocycles. The molecule has 0 spiro atoms. The second kappa shape index (κ2) is 7.38. The summed E-state index contributed by atoms with van der Waals surface area (Å²) in [5, 5.41) is 3.31. The number of hydrogen-bond acceptors (Lipinski definition) is 4. The second-order valence-electron chi connectivity index (χ2n) is 6.52. The Morgan fingerprint density at radius 2 is 2.10 bits per heavy atom. The Labute approximate surface area is 123 Å². The Bertz CT molecular complexity index is 321. The van der Waals surface area contributed by atoms with E-state index in [0.29, 0.717) is 6.04 Å². The fraction of sp³-hybridized carbons (Fsp3) is 0.933. The molecule has 118 valence electrons. The molecule has 1 amide bonds. The lowest BCUT2D eigenvalue weighted by Gasteiger charge is -2.40. The number of nitrogens with two attached hydrogens (primary N) is 1. The minimum absolute atomic E-state index is 0.253. The molecule has 0 aromatic carbocycles. The monoisotopic (exact) mass is 284 g/mol. The summed E-state index contributed by atoms with van der Waals surface area (Å²) in [6, 6.07) is 0.843. The van der Waals surface area contributed by atoms with Gasteiger partial charge in [-0.2, -0.15) is 0 Å². The highest BCUT2D eigenvalue weighted by Gasteiger charge is 2.32. The molecule has 1 aliphatic rings. The predicted octanol–water partition coefficient (Wildman–Crippen LogP) is 0.645. The molecule has 3 N–H and O–H groups in total. The summed E-state index contributed by atoms with van der Waals surface area (Å²) in [6.07, 6.45) is 0.763. The number of rotatable bonds is 7. The Morgan fingerprint density at radius 3 is 2.55 bits per heavy atom. The summed E-state index contributed by atoms with van der Waals surface area (Å²) in [7, 11) is 0. The van der Waals surface area contributed by atoms with Gasteiger partial charge in [0.25, 0.3) is 0 Å². The normalized spacial score (nSPS) is 24.8. The van der Waals surface area contributed by atoms with E-state index in [2.05, 4.69) is 29.0 Å². The summed E-state index contributed by atoms with van der Waals surface area (Å²) < 4.78 is 0. The average molecular weight is 284 g/mol. The number of primary amides is 1. The maximum Gasteiger partial charge on any atom is 0.237 e. The molecule has 20 heavy (non-hydrogen) atoms. The lowest BCUT2D eigenvalue weighted by molar-refractivity contribution is -0.124. The highest BCUT2D eigenvalue weighted by molar-refractivity contribution is 5.84. The number of nitrogens with zero attached hydrogens (tertiary/aromatic N) is 2. The van der Waals surface area contributed by atoms with Crippen molar-refractivity contribution < 1.29 is 4.79 Å². The number of carbonyl (C=O) groups is 1. The van der Waals surface area contributed by atoms with Crippen LogP contribution in [0.5, 0.6) is 0 Å². The van der Waals surface area contributed by atoms with E-state index in [1.54, 1.807) is 0 Å². The number of nitrogens with one attached hydrogen (secondary N) is 1. The maximum atomic E-state index is 11.7. The third kappa shape index (κ3) is 4.72. The number of amides is 1. The van der Waals surface area contributed by atoms with E-state index in [1.165, 1.54) is 0 Å². The third-order valence-electron chi connectivity index (χ3n) is 4.33. The van der Waals surface area contributed by atoms with Gasteiger partial charge < -0.3 is 16.0 Å². The van der Waals surface area contributed by atoms with Crippen LogP contribution < -0.4 is 11.1 Å². The van der Waals surface area contributed by atoms with Crippen molar-refractivity contribution in [3.8, 4) is 0 Å². The van der Waals surface area contributed by atoms with Crippen molar-refractivity contribution in [1.82, 2.24) is 15.1 Å². The summed E-state index contributed by atoms with van der Waals surface area (Å²) in [6.45, 7) is 15.8. The third-order valence-corrected chi connectivity index (χ3v) is 4.33. The van der Waals surface area contributed by atoms with Gasteiger partial charge in [0.15, 0.2) is 0 Å². The van der Waals surface area contributed by atoms with E-state index in [1.807, 2.05) is 20.8 Å².